The Bertz CT molecular complexity index is 469. The quantitative estimate of drug-likeness (QED) is 0.865. The van der Waals surface area contributed by atoms with Gasteiger partial charge >= 0.3 is 0 Å². The van der Waals surface area contributed by atoms with Gasteiger partial charge in [0, 0.05) is 16.7 Å². The Labute approximate surface area is 103 Å². The molecule has 1 atom stereocenters. The highest BCUT2D eigenvalue weighted by Crippen LogP contribution is 2.16. The first-order valence-corrected chi connectivity index (χ1v) is 6.37. The third-order valence-corrected chi connectivity index (χ3v) is 4.26. The van der Waals surface area contributed by atoms with Crippen LogP contribution in [0.5, 0.6) is 0 Å². The van der Waals surface area contributed by atoms with Crippen molar-refractivity contribution in [1.29, 1.82) is 0 Å². The number of hydrogen-bond acceptors (Lipinski definition) is 4. The number of anilines is 1. The molecule has 0 aliphatic heterocycles. The lowest BCUT2D eigenvalue weighted by molar-refractivity contribution is 0.718. The van der Waals surface area contributed by atoms with Gasteiger partial charge in [-0.15, -0.1) is 0 Å². The number of alkyl halides is 2. The number of imidazole rings is 1. The smallest absolute Gasteiger partial charge is 0.165 e. The molecule has 5 nitrogen and oxygen atoms in total. The predicted octanol–water partition coefficient (Wildman–Crippen LogP) is 1.57. The molecule has 2 rings (SSSR count). The van der Waals surface area contributed by atoms with Crippen LogP contribution in [0.25, 0.3) is 11.2 Å². The average molecular weight is 335 g/mol. The molecule has 0 radical (unpaired) electrons. The maximum atomic E-state index is 5.68. The molecule has 0 saturated carbocycles. The van der Waals surface area contributed by atoms with Gasteiger partial charge in [-0.3, -0.25) is 0 Å². The molecule has 80 valence electrons. The first-order valence-electron chi connectivity index (χ1n) is 4.33. The third kappa shape index (κ3) is 2.12. The molecule has 2 heterocycles. The molecule has 15 heavy (non-hydrogen) atoms. The summed E-state index contributed by atoms with van der Waals surface area (Å²) >= 11 is 6.93. The molecule has 2 aromatic rings. The number of aromatic nitrogens is 4. The second-order valence-electron chi connectivity index (χ2n) is 3.08. The van der Waals surface area contributed by atoms with Crippen LogP contribution in [-0.4, -0.2) is 29.7 Å². The van der Waals surface area contributed by atoms with E-state index in [0.717, 1.165) is 17.5 Å². The average Bonchev–Trinajstić information content (AvgIpc) is 2.63. The van der Waals surface area contributed by atoms with E-state index in [-0.39, 0.29) is 0 Å². The summed E-state index contributed by atoms with van der Waals surface area (Å²) in [5.74, 6) is 0.420. The van der Waals surface area contributed by atoms with Crippen LogP contribution in [-0.2, 0) is 6.54 Å². The number of rotatable bonds is 3. The fourth-order valence-corrected chi connectivity index (χ4v) is 1.81. The van der Waals surface area contributed by atoms with E-state index < -0.39 is 0 Å². The second kappa shape index (κ2) is 4.44. The molecular formula is C8H9Br2N5. The minimum atomic E-state index is 0.339. The van der Waals surface area contributed by atoms with Crippen molar-refractivity contribution in [3.8, 4) is 0 Å². The fourth-order valence-electron chi connectivity index (χ4n) is 1.29. The van der Waals surface area contributed by atoms with E-state index in [0.29, 0.717) is 16.2 Å². The predicted molar refractivity (Wildman–Crippen MR) is 66.2 cm³/mol. The summed E-state index contributed by atoms with van der Waals surface area (Å²) in [6.07, 6.45) is 3.18. The van der Waals surface area contributed by atoms with Crippen molar-refractivity contribution in [3.05, 3.63) is 12.7 Å². The molecule has 0 aliphatic carbocycles. The van der Waals surface area contributed by atoms with Crippen molar-refractivity contribution in [2.75, 3.05) is 11.1 Å². The van der Waals surface area contributed by atoms with Crippen LogP contribution in [0.3, 0.4) is 0 Å². The van der Waals surface area contributed by atoms with Crippen molar-refractivity contribution < 1.29 is 0 Å². The Morgan fingerprint density at radius 1 is 1.40 bits per heavy atom. The first-order chi connectivity index (χ1) is 7.22. The monoisotopic (exact) mass is 333 g/mol. The van der Waals surface area contributed by atoms with Crippen molar-refractivity contribution in [3.63, 3.8) is 0 Å². The summed E-state index contributed by atoms with van der Waals surface area (Å²) in [7, 11) is 0. The van der Waals surface area contributed by atoms with Crippen LogP contribution < -0.4 is 5.73 Å². The van der Waals surface area contributed by atoms with E-state index in [1.54, 1.807) is 6.33 Å². The zero-order chi connectivity index (χ0) is 10.8. The molecule has 2 aromatic heterocycles. The third-order valence-electron chi connectivity index (χ3n) is 1.99. The van der Waals surface area contributed by atoms with Gasteiger partial charge in [0.05, 0.1) is 6.33 Å². The van der Waals surface area contributed by atoms with Crippen molar-refractivity contribution in [1.82, 2.24) is 19.5 Å². The molecule has 0 saturated heterocycles. The number of halogens is 2. The van der Waals surface area contributed by atoms with Crippen LogP contribution in [0.4, 0.5) is 5.82 Å². The molecule has 0 fully saturated rings. The minimum Gasteiger partial charge on any atom is -0.382 e. The molecule has 0 aliphatic rings. The summed E-state index contributed by atoms with van der Waals surface area (Å²) in [5, 5.41) is 0.868. The van der Waals surface area contributed by atoms with Gasteiger partial charge in [0.1, 0.15) is 11.8 Å². The second-order valence-corrected chi connectivity index (χ2v) is 5.02. The molecule has 0 aromatic carbocycles. The topological polar surface area (TPSA) is 69.6 Å². The fraction of sp³-hybridized carbons (Fsp3) is 0.375. The van der Waals surface area contributed by atoms with E-state index >= 15 is 0 Å². The largest absolute Gasteiger partial charge is 0.382 e. The number of fused-ring (bicyclic) bond motifs is 1. The van der Waals surface area contributed by atoms with Crippen molar-refractivity contribution >= 4 is 48.8 Å². The van der Waals surface area contributed by atoms with Crippen LogP contribution in [0.15, 0.2) is 12.7 Å². The van der Waals surface area contributed by atoms with E-state index in [2.05, 4.69) is 46.8 Å². The Balaban J connectivity index is 2.41. The summed E-state index contributed by atoms with van der Waals surface area (Å²) in [5.41, 5.74) is 7.12. The van der Waals surface area contributed by atoms with Gasteiger partial charge in [0.25, 0.3) is 0 Å². The van der Waals surface area contributed by atoms with Crippen molar-refractivity contribution in [2.24, 2.45) is 0 Å². The zero-order valence-corrected chi connectivity index (χ0v) is 10.9. The van der Waals surface area contributed by atoms with Crippen LogP contribution in [0, 0.1) is 0 Å². The molecule has 0 spiro atoms. The van der Waals surface area contributed by atoms with E-state index in [9.17, 15) is 0 Å². The van der Waals surface area contributed by atoms with Gasteiger partial charge < -0.3 is 10.3 Å². The number of nitrogen functional groups attached to an aromatic ring is 1. The van der Waals surface area contributed by atoms with Gasteiger partial charge in [-0.2, -0.15) is 0 Å². The molecule has 0 bridgehead atoms. The van der Waals surface area contributed by atoms with Crippen LogP contribution in [0.1, 0.15) is 0 Å². The highest BCUT2D eigenvalue weighted by Gasteiger charge is 2.10. The van der Waals surface area contributed by atoms with Crippen molar-refractivity contribution in [2.45, 2.75) is 11.4 Å². The van der Waals surface area contributed by atoms with Crippen LogP contribution in [0.2, 0.25) is 0 Å². The summed E-state index contributed by atoms with van der Waals surface area (Å²) < 4.78 is 1.95. The standard InChI is InChI=1S/C8H9Br2N5/c9-1-5(10)2-15-4-14-6-7(11)12-3-13-8(6)15/h3-5H,1-2H2,(H2,11,12,13). The number of nitrogens with two attached hydrogens (primary N) is 1. The molecule has 2 N–H and O–H groups in total. The SMILES string of the molecule is Nc1ncnc2c1ncn2CC(Br)CBr. The normalized spacial score (nSPS) is 13.2. The number of nitrogens with zero attached hydrogens (tertiary/aromatic N) is 4. The van der Waals surface area contributed by atoms with E-state index in [4.69, 9.17) is 5.73 Å². The maximum absolute atomic E-state index is 5.68. The lowest BCUT2D eigenvalue weighted by Gasteiger charge is -2.06. The van der Waals surface area contributed by atoms with Gasteiger partial charge in [0.2, 0.25) is 0 Å². The minimum absolute atomic E-state index is 0.339. The lowest BCUT2D eigenvalue weighted by Crippen LogP contribution is -2.10. The van der Waals surface area contributed by atoms with Crippen LogP contribution >= 0.6 is 31.9 Å². The highest BCUT2D eigenvalue weighted by molar-refractivity contribution is 9.12. The molecule has 0 amide bonds. The number of hydrogen-bond donors (Lipinski definition) is 1. The molecule has 7 heteroatoms. The van der Waals surface area contributed by atoms with Gasteiger partial charge in [-0.25, -0.2) is 15.0 Å². The van der Waals surface area contributed by atoms with Gasteiger partial charge in [-0.05, 0) is 0 Å². The summed E-state index contributed by atoms with van der Waals surface area (Å²) in [6.45, 7) is 0.790. The summed E-state index contributed by atoms with van der Waals surface area (Å²) in [6, 6.07) is 0. The van der Waals surface area contributed by atoms with Gasteiger partial charge in [0.15, 0.2) is 11.5 Å². The molecular weight excluding hydrogens is 326 g/mol. The van der Waals surface area contributed by atoms with E-state index in [1.165, 1.54) is 6.33 Å². The zero-order valence-electron chi connectivity index (χ0n) is 7.77. The molecule has 1 unspecified atom stereocenters. The lowest BCUT2D eigenvalue weighted by atomic mass is 10.4. The summed E-state index contributed by atoms with van der Waals surface area (Å²) in [4.78, 5) is 12.6. The Hall–Kier alpha value is -0.690. The Morgan fingerprint density at radius 3 is 2.93 bits per heavy atom. The maximum Gasteiger partial charge on any atom is 0.165 e. The van der Waals surface area contributed by atoms with Gasteiger partial charge in [-0.1, -0.05) is 31.9 Å². The first kappa shape index (κ1) is 10.8. The highest BCUT2D eigenvalue weighted by atomic mass is 79.9. The Morgan fingerprint density at radius 2 is 2.20 bits per heavy atom. The van der Waals surface area contributed by atoms with E-state index in [1.807, 2.05) is 4.57 Å². The Kier molecular flexibility index (Phi) is 3.20.